The molecule has 0 radical (unpaired) electrons. The van der Waals surface area contributed by atoms with Gasteiger partial charge in [-0.2, -0.15) is 4.98 Å². The summed E-state index contributed by atoms with van der Waals surface area (Å²) in [6.07, 6.45) is 4.81. The summed E-state index contributed by atoms with van der Waals surface area (Å²) in [6.45, 7) is 6.50. The van der Waals surface area contributed by atoms with Crippen LogP contribution in [0.15, 0.2) is 4.52 Å². The maximum atomic E-state index is 6.22. The van der Waals surface area contributed by atoms with Gasteiger partial charge in [-0.25, -0.2) is 0 Å². The lowest BCUT2D eigenvalue weighted by Gasteiger charge is -2.28. The molecule has 0 bridgehead atoms. The average Bonchev–Trinajstić information content (AvgIpc) is 2.99. The predicted octanol–water partition coefficient (Wildman–Crippen LogP) is 1.70. The number of morpholine rings is 1. The summed E-state index contributed by atoms with van der Waals surface area (Å²) in [7, 11) is 0. The minimum Gasteiger partial charge on any atom is -0.379 e. The van der Waals surface area contributed by atoms with Crippen molar-refractivity contribution in [2.45, 2.75) is 44.6 Å². The van der Waals surface area contributed by atoms with E-state index in [1.807, 2.05) is 0 Å². The Kier molecular flexibility index (Phi) is 4.87. The SMILES string of the molecule is CC1CCC(c2nc(C(N)CN3CCOCC3)no2)CC1. The van der Waals surface area contributed by atoms with Crippen molar-refractivity contribution in [1.29, 1.82) is 0 Å². The minimum atomic E-state index is -0.178. The van der Waals surface area contributed by atoms with Gasteiger partial charge in [-0.3, -0.25) is 4.90 Å². The first-order valence-corrected chi connectivity index (χ1v) is 8.11. The molecule has 0 amide bonds. The highest BCUT2D eigenvalue weighted by molar-refractivity contribution is 4.99. The summed E-state index contributed by atoms with van der Waals surface area (Å²) in [4.78, 5) is 6.86. The molecule has 6 nitrogen and oxygen atoms in total. The first kappa shape index (κ1) is 14.9. The molecule has 3 rings (SSSR count). The van der Waals surface area contributed by atoms with Gasteiger partial charge in [0, 0.05) is 25.6 Å². The Morgan fingerprint density at radius 1 is 1.24 bits per heavy atom. The number of hydrogen-bond acceptors (Lipinski definition) is 6. The molecular formula is C15H26N4O2. The molecule has 1 aromatic heterocycles. The van der Waals surface area contributed by atoms with Crippen LogP contribution in [0.2, 0.25) is 0 Å². The molecule has 0 spiro atoms. The molecule has 2 heterocycles. The molecule has 1 unspecified atom stereocenters. The number of hydrogen-bond donors (Lipinski definition) is 1. The molecule has 1 saturated carbocycles. The Bertz CT molecular complexity index is 437. The van der Waals surface area contributed by atoms with Gasteiger partial charge < -0.3 is 15.0 Å². The fourth-order valence-electron chi connectivity index (χ4n) is 3.21. The number of nitrogens with two attached hydrogens (primary N) is 1. The Morgan fingerprint density at radius 2 is 1.95 bits per heavy atom. The maximum Gasteiger partial charge on any atom is 0.229 e. The van der Waals surface area contributed by atoms with Crippen LogP contribution in [0.1, 0.15) is 56.3 Å². The van der Waals surface area contributed by atoms with Gasteiger partial charge in [0.25, 0.3) is 0 Å². The van der Waals surface area contributed by atoms with E-state index in [9.17, 15) is 0 Å². The molecule has 118 valence electrons. The number of rotatable bonds is 4. The molecule has 21 heavy (non-hydrogen) atoms. The second-order valence-corrected chi connectivity index (χ2v) is 6.47. The standard InChI is InChI=1S/C15H26N4O2/c1-11-2-4-12(5-3-11)15-17-14(18-21-15)13(16)10-19-6-8-20-9-7-19/h11-13H,2-10,16H2,1H3. The summed E-state index contributed by atoms with van der Waals surface area (Å²) in [6, 6.07) is -0.178. The van der Waals surface area contributed by atoms with Gasteiger partial charge in [-0.1, -0.05) is 12.1 Å². The normalized spacial score (nSPS) is 29.4. The fraction of sp³-hybridized carbons (Fsp3) is 0.867. The molecule has 1 aromatic rings. The fourth-order valence-corrected chi connectivity index (χ4v) is 3.21. The van der Waals surface area contributed by atoms with Crippen molar-refractivity contribution < 1.29 is 9.26 Å². The van der Waals surface area contributed by atoms with Crippen LogP contribution in [0.3, 0.4) is 0 Å². The second-order valence-electron chi connectivity index (χ2n) is 6.47. The van der Waals surface area contributed by atoms with Crippen LogP contribution >= 0.6 is 0 Å². The topological polar surface area (TPSA) is 77.4 Å². The molecule has 1 atom stereocenters. The maximum absolute atomic E-state index is 6.22. The Labute approximate surface area is 126 Å². The van der Waals surface area contributed by atoms with E-state index >= 15 is 0 Å². The Balaban J connectivity index is 1.56. The molecule has 0 aromatic carbocycles. The van der Waals surface area contributed by atoms with Crippen LogP contribution < -0.4 is 5.73 Å². The molecule has 2 aliphatic rings. The van der Waals surface area contributed by atoms with E-state index < -0.39 is 0 Å². The van der Waals surface area contributed by atoms with Crippen molar-refractivity contribution in [3.8, 4) is 0 Å². The highest BCUT2D eigenvalue weighted by Gasteiger charge is 2.26. The molecule has 2 N–H and O–H groups in total. The summed E-state index contributed by atoms with van der Waals surface area (Å²) in [5.41, 5.74) is 6.22. The van der Waals surface area contributed by atoms with E-state index in [0.29, 0.717) is 11.7 Å². The van der Waals surface area contributed by atoms with Gasteiger partial charge in [-0.15, -0.1) is 0 Å². The highest BCUT2D eigenvalue weighted by atomic mass is 16.5. The van der Waals surface area contributed by atoms with Gasteiger partial charge in [0.15, 0.2) is 5.82 Å². The first-order chi connectivity index (χ1) is 10.2. The lowest BCUT2D eigenvalue weighted by atomic mass is 9.83. The quantitative estimate of drug-likeness (QED) is 0.910. The van der Waals surface area contributed by atoms with E-state index in [-0.39, 0.29) is 6.04 Å². The minimum absolute atomic E-state index is 0.178. The van der Waals surface area contributed by atoms with Gasteiger partial charge in [0.1, 0.15) is 0 Å². The zero-order valence-electron chi connectivity index (χ0n) is 12.8. The summed E-state index contributed by atoms with van der Waals surface area (Å²) >= 11 is 0. The molecule has 2 fully saturated rings. The van der Waals surface area contributed by atoms with Crippen LogP contribution in [-0.2, 0) is 4.74 Å². The first-order valence-electron chi connectivity index (χ1n) is 8.11. The molecule has 1 aliphatic carbocycles. The third kappa shape index (κ3) is 3.81. The van der Waals surface area contributed by atoms with Crippen molar-refractivity contribution in [2.75, 3.05) is 32.8 Å². The molecule has 1 aliphatic heterocycles. The van der Waals surface area contributed by atoms with Crippen molar-refractivity contribution in [3.63, 3.8) is 0 Å². The lowest BCUT2D eigenvalue weighted by Crippen LogP contribution is -2.40. The number of aromatic nitrogens is 2. The van der Waals surface area contributed by atoms with Gasteiger partial charge in [-0.05, 0) is 31.6 Å². The molecule has 1 saturated heterocycles. The van der Waals surface area contributed by atoms with Crippen LogP contribution in [0.5, 0.6) is 0 Å². The summed E-state index contributed by atoms with van der Waals surface area (Å²) in [5.74, 6) is 2.69. The summed E-state index contributed by atoms with van der Waals surface area (Å²) < 4.78 is 10.8. The van der Waals surface area contributed by atoms with Crippen LogP contribution in [0.25, 0.3) is 0 Å². The average molecular weight is 294 g/mol. The molecular weight excluding hydrogens is 268 g/mol. The van der Waals surface area contributed by atoms with Crippen molar-refractivity contribution in [2.24, 2.45) is 11.7 Å². The zero-order chi connectivity index (χ0) is 14.7. The van der Waals surface area contributed by atoms with E-state index in [0.717, 1.165) is 57.5 Å². The van der Waals surface area contributed by atoms with Crippen molar-refractivity contribution in [3.05, 3.63) is 11.7 Å². The highest BCUT2D eigenvalue weighted by Crippen LogP contribution is 2.34. The number of ether oxygens (including phenoxy) is 1. The van der Waals surface area contributed by atoms with Crippen LogP contribution in [0, 0.1) is 5.92 Å². The second kappa shape index (κ2) is 6.85. The lowest BCUT2D eigenvalue weighted by molar-refractivity contribution is 0.0348. The smallest absolute Gasteiger partial charge is 0.229 e. The largest absolute Gasteiger partial charge is 0.379 e. The van der Waals surface area contributed by atoms with Crippen LogP contribution in [-0.4, -0.2) is 47.9 Å². The van der Waals surface area contributed by atoms with Crippen molar-refractivity contribution in [1.82, 2.24) is 15.0 Å². The number of nitrogens with zero attached hydrogens (tertiary/aromatic N) is 3. The third-order valence-electron chi connectivity index (χ3n) is 4.71. The monoisotopic (exact) mass is 294 g/mol. The Hall–Kier alpha value is -0.980. The van der Waals surface area contributed by atoms with Crippen molar-refractivity contribution >= 4 is 0 Å². The van der Waals surface area contributed by atoms with Gasteiger partial charge in [0.05, 0.1) is 19.3 Å². The summed E-state index contributed by atoms with van der Waals surface area (Å²) in [5, 5.41) is 4.11. The zero-order valence-corrected chi connectivity index (χ0v) is 12.8. The predicted molar refractivity (Wildman–Crippen MR) is 78.9 cm³/mol. The third-order valence-corrected chi connectivity index (χ3v) is 4.71. The molecule has 6 heteroatoms. The van der Waals surface area contributed by atoms with Gasteiger partial charge in [0.2, 0.25) is 5.89 Å². The van der Waals surface area contributed by atoms with Crippen LogP contribution in [0.4, 0.5) is 0 Å². The van der Waals surface area contributed by atoms with E-state index in [1.54, 1.807) is 0 Å². The van der Waals surface area contributed by atoms with E-state index in [1.165, 1.54) is 12.8 Å². The Morgan fingerprint density at radius 3 is 2.67 bits per heavy atom. The van der Waals surface area contributed by atoms with Gasteiger partial charge >= 0.3 is 0 Å². The van der Waals surface area contributed by atoms with E-state index in [2.05, 4.69) is 22.0 Å². The van der Waals surface area contributed by atoms with E-state index in [4.69, 9.17) is 15.0 Å².